The number of carboxylic acid groups (broad SMARTS) is 2. The third kappa shape index (κ3) is 6.26. The Bertz CT molecular complexity index is 1440. The van der Waals surface area contributed by atoms with Crippen LogP contribution in [0.2, 0.25) is 0 Å². The van der Waals surface area contributed by atoms with E-state index in [0.717, 1.165) is 5.57 Å². The Balaban J connectivity index is 1.44. The number of imide groups is 2. The summed E-state index contributed by atoms with van der Waals surface area (Å²) in [6.45, 7) is 2.45. The van der Waals surface area contributed by atoms with Crippen molar-refractivity contribution in [2.75, 3.05) is 19.7 Å². The smallest absolute Gasteiger partial charge is 0.303 e. The lowest BCUT2D eigenvalue weighted by Gasteiger charge is -2.44. The number of nitrogens with zero attached hydrogens (tertiary/aromatic N) is 2. The summed E-state index contributed by atoms with van der Waals surface area (Å²) in [6.07, 6.45) is 5.43. The van der Waals surface area contributed by atoms with E-state index >= 15 is 0 Å². The summed E-state index contributed by atoms with van der Waals surface area (Å²) >= 11 is 0. The number of carbonyl (C=O) groups is 6. The number of rotatable bonds is 15. The summed E-state index contributed by atoms with van der Waals surface area (Å²) in [5.74, 6) is -6.94. The van der Waals surface area contributed by atoms with Gasteiger partial charge in [0.1, 0.15) is 0 Å². The molecule has 6 unspecified atom stereocenters. The van der Waals surface area contributed by atoms with Crippen LogP contribution in [0.25, 0.3) is 0 Å². The molecule has 2 heterocycles. The Morgan fingerprint density at radius 1 is 0.783 bits per heavy atom. The quantitative estimate of drug-likeness (QED) is 0.146. The molecule has 0 bridgehead atoms. The molecule has 2 aliphatic carbocycles. The monoisotopic (exact) mass is 638 g/mol. The van der Waals surface area contributed by atoms with E-state index in [1.54, 1.807) is 25.1 Å². The highest BCUT2D eigenvalue weighted by molar-refractivity contribution is 6.08. The van der Waals surface area contributed by atoms with Gasteiger partial charge in [-0.2, -0.15) is 0 Å². The predicted octanol–water partition coefficient (Wildman–Crippen LogP) is 3.72. The van der Waals surface area contributed by atoms with Gasteiger partial charge in [-0.1, -0.05) is 36.6 Å². The van der Waals surface area contributed by atoms with Crippen LogP contribution >= 0.6 is 0 Å². The predicted molar refractivity (Wildman–Crippen MR) is 162 cm³/mol. The topological polar surface area (TPSA) is 179 Å². The van der Waals surface area contributed by atoms with Gasteiger partial charge in [0.05, 0.1) is 30.3 Å². The van der Waals surface area contributed by atoms with Gasteiger partial charge >= 0.3 is 11.9 Å². The zero-order chi connectivity index (χ0) is 33.1. The van der Waals surface area contributed by atoms with Crippen molar-refractivity contribution < 1.29 is 48.8 Å². The lowest BCUT2D eigenvalue weighted by Crippen LogP contribution is -2.43. The maximum absolute atomic E-state index is 14.0. The van der Waals surface area contributed by atoms with Crippen molar-refractivity contribution in [3.8, 4) is 11.5 Å². The highest BCUT2D eigenvalue weighted by Gasteiger charge is 2.62. The maximum atomic E-state index is 14.0. The molecule has 4 amide bonds. The highest BCUT2D eigenvalue weighted by atomic mass is 16.5. The van der Waals surface area contributed by atoms with Crippen molar-refractivity contribution in [3.63, 3.8) is 0 Å². The lowest BCUT2D eigenvalue weighted by molar-refractivity contribution is -0.142. The summed E-state index contributed by atoms with van der Waals surface area (Å²) < 4.78 is 5.65. The summed E-state index contributed by atoms with van der Waals surface area (Å²) in [5.41, 5.74) is 1.22. The van der Waals surface area contributed by atoms with Crippen molar-refractivity contribution in [3.05, 3.63) is 35.4 Å². The third-order valence-corrected chi connectivity index (χ3v) is 10.0. The second-order valence-electron chi connectivity index (χ2n) is 12.7. The van der Waals surface area contributed by atoms with Crippen molar-refractivity contribution >= 4 is 35.6 Å². The van der Waals surface area contributed by atoms with E-state index in [0.29, 0.717) is 57.1 Å². The first-order chi connectivity index (χ1) is 22.1. The van der Waals surface area contributed by atoms with E-state index in [9.17, 15) is 33.9 Å². The van der Waals surface area contributed by atoms with Crippen molar-refractivity contribution in [1.29, 1.82) is 0 Å². The number of aromatic hydroxyl groups is 1. The Labute approximate surface area is 267 Å². The number of ether oxygens (including phenoxy) is 1. The summed E-state index contributed by atoms with van der Waals surface area (Å²) in [4.78, 5) is 79.6. The molecule has 12 nitrogen and oxygen atoms in total. The molecule has 2 saturated heterocycles. The number of hydrogen-bond acceptors (Lipinski definition) is 8. The van der Waals surface area contributed by atoms with Gasteiger partial charge in [0.15, 0.2) is 11.5 Å². The molecule has 4 aliphatic rings. The number of para-hydroxylation sites is 1. The number of amides is 4. The van der Waals surface area contributed by atoms with Crippen LogP contribution in [-0.4, -0.2) is 80.4 Å². The second-order valence-corrected chi connectivity index (χ2v) is 12.7. The molecule has 0 radical (unpaired) electrons. The third-order valence-electron chi connectivity index (χ3n) is 10.0. The van der Waals surface area contributed by atoms with Crippen LogP contribution in [-0.2, 0) is 28.8 Å². The van der Waals surface area contributed by atoms with Crippen LogP contribution in [0.1, 0.15) is 82.6 Å². The van der Waals surface area contributed by atoms with Crippen LogP contribution in [0.3, 0.4) is 0 Å². The van der Waals surface area contributed by atoms with E-state index in [-0.39, 0.29) is 67.5 Å². The normalized spacial score (nSPS) is 26.9. The molecule has 248 valence electrons. The number of phenols is 1. The molecular formula is C34H42N2O10. The van der Waals surface area contributed by atoms with Gasteiger partial charge in [0.25, 0.3) is 0 Å². The SMILES string of the molecule is CCOc1cccc(C2C3=CCC4C(=O)N(CCCCCC(=O)O)C(=O)C4C3CC3C(=O)N(CCCCCC(=O)O)C(=O)C32)c1O. The van der Waals surface area contributed by atoms with E-state index < -0.39 is 47.4 Å². The molecule has 1 saturated carbocycles. The van der Waals surface area contributed by atoms with Crippen molar-refractivity contribution in [2.45, 2.75) is 77.0 Å². The number of unbranched alkanes of at least 4 members (excludes halogenated alkanes) is 4. The molecule has 12 heteroatoms. The van der Waals surface area contributed by atoms with Crippen molar-refractivity contribution in [1.82, 2.24) is 9.80 Å². The molecule has 1 aromatic carbocycles. The summed E-state index contributed by atoms with van der Waals surface area (Å²) in [5, 5.41) is 29.2. The fourth-order valence-corrected chi connectivity index (χ4v) is 8.02. The van der Waals surface area contributed by atoms with Gasteiger partial charge in [-0.15, -0.1) is 0 Å². The van der Waals surface area contributed by atoms with Crippen LogP contribution in [0.4, 0.5) is 0 Å². The Morgan fingerprint density at radius 2 is 1.37 bits per heavy atom. The molecule has 3 fully saturated rings. The Morgan fingerprint density at radius 3 is 1.96 bits per heavy atom. The van der Waals surface area contributed by atoms with Crippen LogP contribution in [0.5, 0.6) is 11.5 Å². The van der Waals surface area contributed by atoms with Gasteiger partial charge in [0, 0.05) is 37.4 Å². The highest BCUT2D eigenvalue weighted by Crippen LogP contribution is 2.59. The number of aliphatic carboxylic acids is 2. The minimum Gasteiger partial charge on any atom is -0.504 e. The first kappa shape index (κ1) is 33.2. The lowest BCUT2D eigenvalue weighted by atomic mass is 9.57. The van der Waals surface area contributed by atoms with Gasteiger partial charge < -0.3 is 20.1 Å². The van der Waals surface area contributed by atoms with Gasteiger partial charge in [-0.3, -0.25) is 38.6 Å². The van der Waals surface area contributed by atoms with E-state index in [1.165, 1.54) is 9.80 Å². The molecule has 46 heavy (non-hydrogen) atoms. The molecule has 0 aromatic heterocycles. The number of carboxylic acids is 2. The number of allylic oxidation sites excluding steroid dienone is 2. The molecular weight excluding hydrogens is 596 g/mol. The second kappa shape index (κ2) is 14.0. The number of hydrogen-bond donors (Lipinski definition) is 3. The Kier molecular flexibility index (Phi) is 10.1. The summed E-state index contributed by atoms with van der Waals surface area (Å²) in [7, 11) is 0. The Hall–Kier alpha value is -4.22. The standard InChI is InChI=1S/C34H42N2O10/c1-2-46-24-11-9-10-20(30(24)41)27-19-14-15-21-28(33(44)35(31(21)42)16-7-3-5-12-25(37)38)22(19)18-23-29(27)34(45)36(32(23)43)17-8-4-6-13-26(39)40/h9-11,14,21-23,27-29,41H,2-8,12-13,15-18H2,1H3,(H,37,38)(H,39,40). The van der Waals surface area contributed by atoms with Crippen LogP contribution in [0.15, 0.2) is 29.8 Å². The minimum absolute atomic E-state index is 0.00908. The zero-order valence-corrected chi connectivity index (χ0v) is 26.1. The van der Waals surface area contributed by atoms with E-state index in [4.69, 9.17) is 14.9 Å². The van der Waals surface area contributed by atoms with E-state index in [1.807, 2.05) is 6.08 Å². The average molecular weight is 639 g/mol. The average Bonchev–Trinajstić information content (AvgIpc) is 3.40. The number of fused-ring (bicyclic) bond motifs is 4. The molecule has 3 N–H and O–H groups in total. The molecule has 1 aromatic rings. The maximum Gasteiger partial charge on any atom is 0.303 e. The fraction of sp³-hybridized carbons (Fsp3) is 0.588. The number of phenolic OH excluding ortho intramolecular Hbond substituents is 1. The molecule has 2 aliphatic heterocycles. The zero-order valence-electron chi connectivity index (χ0n) is 26.1. The number of benzene rings is 1. The van der Waals surface area contributed by atoms with Gasteiger partial charge in [-0.25, -0.2) is 0 Å². The first-order valence-electron chi connectivity index (χ1n) is 16.3. The first-order valence-corrected chi connectivity index (χ1v) is 16.3. The minimum atomic E-state index is -0.901. The fourth-order valence-electron chi connectivity index (χ4n) is 8.02. The molecule has 6 atom stereocenters. The largest absolute Gasteiger partial charge is 0.504 e. The van der Waals surface area contributed by atoms with Crippen LogP contribution < -0.4 is 4.74 Å². The molecule has 0 spiro atoms. The van der Waals surface area contributed by atoms with Crippen LogP contribution in [0, 0.1) is 29.6 Å². The van der Waals surface area contributed by atoms with Gasteiger partial charge in [-0.05, 0) is 57.4 Å². The molecule has 5 rings (SSSR count). The van der Waals surface area contributed by atoms with Crippen molar-refractivity contribution in [2.24, 2.45) is 29.6 Å². The number of likely N-dealkylation sites (tertiary alicyclic amines) is 2. The van der Waals surface area contributed by atoms with E-state index in [2.05, 4.69) is 0 Å². The van der Waals surface area contributed by atoms with Gasteiger partial charge in [0.2, 0.25) is 23.6 Å². The number of carbonyl (C=O) groups excluding carboxylic acids is 4. The summed E-state index contributed by atoms with van der Waals surface area (Å²) in [6, 6.07) is 5.07.